The van der Waals surface area contributed by atoms with E-state index in [2.05, 4.69) is 20.6 Å². The Kier molecular flexibility index (Phi) is 4.07. The minimum Gasteiger partial charge on any atom is -0.395 e. The van der Waals surface area contributed by atoms with Crippen LogP contribution >= 0.6 is 0 Å². The van der Waals surface area contributed by atoms with Crippen molar-refractivity contribution in [1.29, 1.82) is 0 Å². The topological polar surface area (TPSA) is 102 Å². The smallest absolute Gasteiger partial charge is 0.273 e. The maximum absolute atomic E-state index is 11.9. The van der Waals surface area contributed by atoms with Gasteiger partial charge < -0.3 is 11.1 Å². The molecule has 0 unspecified atom stereocenters. The summed E-state index contributed by atoms with van der Waals surface area (Å²) in [6.45, 7) is 7.10. The molecule has 0 saturated carbocycles. The zero-order valence-corrected chi connectivity index (χ0v) is 12.0. The second-order valence-corrected chi connectivity index (χ2v) is 4.87. The molecule has 0 atom stereocenters. The average Bonchev–Trinajstić information content (AvgIpc) is 2.89. The number of rotatable bonds is 5. The lowest BCUT2D eigenvalue weighted by molar-refractivity contribution is 0.0948. The molecule has 0 aliphatic heterocycles. The molecule has 0 spiro atoms. The standard InChI is InChI=1S/C13H20N6O/c1-8-7-9(2)19(18-8)6-4-5-15-13(20)12-11(14)10(3)16-17-12/h7H,4-6,14H2,1-3H3,(H,15,20)(H,16,17). The van der Waals surface area contributed by atoms with Crippen molar-refractivity contribution in [3.8, 4) is 0 Å². The van der Waals surface area contributed by atoms with Crippen LogP contribution in [-0.4, -0.2) is 32.4 Å². The molecular weight excluding hydrogens is 256 g/mol. The van der Waals surface area contributed by atoms with E-state index in [-0.39, 0.29) is 11.6 Å². The summed E-state index contributed by atoms with van der Waals surface area (Å²) in [5.74, 6) is -0.250. The van der Waals surface area contributed by atoms with E-state index in [1.54, 1.807) is 6.92 Å². The Balaban J connectivity index is 1.80. The Hall–Kier alpha value is -2.31. The predicted octanol–water partition coefficient (Wildman–Crippen LogP) is 0.934. The molecule has 2 heterocycles. The van der Waals surface area contributed by atoms with Gasteiger partial charge in [-0.1, -0.05) is 0 Å². The molecule has 0 fully saturated rings. The van der Waals surface area contributed by atoms with Gasteiger partial charge in [-0.25, -0.2) is 0 Å². The highest BCUT2D eigenvalue weighted by Gasteiger charge is 2.14. The summed E-state index contributed by atoms with van der Waals surface area (Å²) in [7, 11) is 0. The minimum atomic E-state index is -0.250. The maximum Gasteiger partial charge on any atom is 0.273 e. The Bertz CT molecular complexity index is 612. The van der Waals surface area contributed by atoms with Crippen LogP contribution in [0.15, 0.2) is 6.07 Å². The lowest BCUT2D eigenvalue weighted by Crippen LogP contribution is -2.26. The Morgan fingerprint density at radius 1 is 1.45 bits per heavy atom. The van der Waals surface area contributed by atoms with Gasteiger partial charge in [0.15, 0.2) is 5.69 Å². The number of anilines is 1. The molecule has 108 valence electrons. The summed E-state index contributed by atoms with van der Waals surface area (Å²) < 4.78 is 1.94. The maximum atomic E-state index is 11.9. The second-order valence-electron chi connectivity index (χ2n) is 4.87. The zero-order valence-electron chi connectivity index (χ0n) is 12.0. The van der Waals surface area contributed by atoms with Crippen molar-refractivity contribution in [3.05, 3.63) is 28.8 Å². The number of H-pyrrole nitrogens is 1. The van der Waals surface area contributed by atoms with Crippen LogP contribution in [0.5, 0.6) is 0 Å². The van der Waals surface area contributed by atoms with Crippen LogP contribution < -0.4 is 11.1 Å². The SMILES string of the molecule is Cc1cc(C)n(CCCNC(=O)c2n[nH]c(C)c2N)n1. The molecule has 2 aromatic rings. The highest BCUT2D eigenvalue weighted by Crippen LogP contribution is 2.11. The van der Waals surface area contributed by atoms with Gasteiger partial charge in [-0.2, -0.15) is 10.2 Å². The Morgan fingerprint density at radius 2 is 2.20 bits per heavy atom. The van der Waals surface area contributed by atoms with Gasteiger partial charge in [-0.15, -0.1) is 0 Å². The van der Waals surface area contributed by atoms with Gasteiger partial charge in [0, 0.05) is 18.8 Å². The van der Waals surface area contributed by atoms with Gasteiger partial charge in [0.1, 0.15) is 0 Å². The van der Waals surface area contributed by atoms with Crippen molar-refractivity contribution in [2.24, 2.45) is 0 Å². The molecule has 0 saturated heterocycles. The number of nitrogen functional groups attached to an aromatic ring is 1. The van der Waals surface area contributed by atoms with Gasteiger partial charge >= 0.3 is 0 Å². The largest absolute Gasteiger partial charge is 0.395 e. The number of nitrogens with zero attached hydrogens (tertiary/aromatic N) is 3. The molecule has 0 aromatic carbocycles. The van der Waals surface area contributed by atoms with E-state index in [0.717, 1.165) is 24.4 Å². The first-order valence-electron chi connectivity index (χ1n) is 6.58. The van der Waals surface area contributed by atoms with Crippen molar-refractivity contribution in [3.63, 3.8) is 0 Å². The summed E-state index contributed by atoms with van der Waals surface area (Å²) in [6.07, 6.45) is 0.803. The van der Waals surface area contributed by atoms with E-state index >= 15 is 0 Å². The van der Waals surface area contributed by atoms with Crippen molar-refractivity contribution in [2.45, 2.75) is 33.7 Å². The van der Waals surface area contributed by atoms with Gasteiger partial charge in [-0.05, 0) is 33.3 Å². The van der Waals surface area contributed by atoms with Gasteiger partial charge in [-0.3, -0.25) is 14.6 Å². The molecule has 7 nitrogen and oxygen atoms in total. The molecule has 0 radical (unpaired) electrons. The number of amides is 1. The third-order valence-corrected chi connectivity index (χ3v) is 3.15. The van der Waals surface area contributed by atoms with Crippen LogP contribution in [0.1, 0.15) is 34.0 Å². The summed E-state index contributed by atoms with van der Waals surface area (Å²) in [5.41, 5.74) is 9.25. The van der Waals surface area contributed by atoms with Gasteiger partial charge in [0.05, 0.1) is 17.1 Å². The summed E-state index contributed by atoms with van der Waals surface area (Å²) >= 11 is 0. The fourth-order valence-corrected chi connectivity index (χ4v) is 2.03. The van der Waals surface area contributed by atoms with E-state index in [1.807, 2.05) is 24.6 Å². The summed E-state index contributed by atoms with van der Waals surface area (Å²) in [4.78, 5) is 11.9. The monoisotopic (exact) mass is 276 g/mol. The van der Waals surface area contributed by atoms with Crippen LogP contribution in [0.4, 0.5) is 5.69 Å². The molecule has 0 bridgehead atoms. The average molecular weight is 276 g/mol. The molecule has 2 rings (SSSR count). The van der Waals surface area contributed by atoms with E-state index in [4.69, 9.17) is 5.73 Å². The van der Waals surface area contributed by atoms with Crippen molar-refractivity contribution >= 4 is 11.6 Å². The van der Waals surface area contributed by atoms with Crippen LogP contribution in [-0.2, 0) is 6.54 Å². The molecule has 7 heteroatoms. The Labute approximate surface area is 117 Å². The molecule has 1 amide bonds. The third kappa shape index (κ3) is 2.98. The number of nitrogens with one attached hydrogen (secondary N) is 2. The highest BCUT2D eigenvalue weighted by molar-refractivity contribution is 5.97. The molecule has 0 aliphatic carbocycles. The molecule has 20 heavy (non-hydrogen) atoms. The number of aromatic amines is 1. The van der Waals surface area contributed by atoms with E-state index < -0.39 is 0 Å². The number of hydrogen-bond acceptors (Lipinski definition) is 4. The number of nitrogens with two attached hydrogens (primary N) is 1. The molecule has 0 aliphatic rings. The van der Waals surface area contributed by atoms with Crippen molar-refractivity contribution in [2.75, 3.05) is 12.3 Å². The number of hydrogen-bond donors (Lipinski definition) is 3. The number of aromatic nitrogens is 4. The fourth-order valence-electron chi connectivity index (χ4n) is 2.03. The second kappa shape index (κ2) is 5.77. The van der Waals surface area contributed by atoms with Crippen LogP contribution in [0.3, 0.4) is 0 Å². The van der Waals surface area contributed by atoms with Crippen LogP contribution in [0, 0.1) is 20.8 Å². The lowest BCUT2D eigenvalue weighted by Gasteiger charge is -2.06. The van der Waals surface area contributed by atoms with Gasteiger partial charge in [0.25, 0.3) is 5.91 Å². The minimum absolute atomic E-state index is 0.250. The van der Waals surface area contributed by atoms with E-state index in [1.165, 1.54) is 0 Å². The van der Waals surface area contributed by atoms with Crippen molar-refractivity contribution < 1.29 is 4.79 Å². The first-order chi connectivity index (χ1) is 9.49. The third-order valence-electron chi connectivity index (χ3n) is 3.15. The number of carbonyl (C=O) groups excluding carboxylic acids is 1. The first kappa shape index (κ1) is 14.1. The lowest BCUT2D eigenvalue weighted by atomic mass is 10.3. The Morgan fingerprint density at radius 3 is 2.75 bits per heavy atom. The van der Waals surface area contributed by atoms with Crippen molar-refractivity contribution in [1.82, 2.24) is 25.3 Å². The molecule has 4 N–H and O–H groups in total. The quantitative estimate of drug-likeness (QED) is 0.707. The predicted molar refractivity (Wildman–Crippen MR) is 76.4 cm³/mol. The number of carbonyl (C=O) groups is 1. The first-order valence-corrected chi connectivity index (χ1v) is 6.58. The summed E-state index contributed by atoms with van der Waals surface area (Å²) in [5, 5.41) is 13.8. The zero-order chi connectivity index (χ0) is 14.7. The van der Waals surface area contributed by atoms with Crippen LogP contribution in [0.2, 0.25) is 0 Å². The number of aryl methyl sites for hydroxylation is 4. The van der Waals surface area contributed by atoms with Crippen LogP contribution in [0.25, 0.3) is 0 Å². The van der Waals surface area contributed by atoms with E-state index in [9.17, 15) is 4.79 Å². The summed E-state index contributed by atoms with van der Waals surface area (Å²) in [6, 6.07) is 2.03. The highest BCUT2D eigenvalue weighted by atomic mass is 16.1. The van der Waals surface area contributed by atoms with Gasteiger partial charge in [0.2, 0.25) is 0 Å². The molecule has 2 aromatic heterocycles. The normalized spacial score (nSPS) is 10.8. The fraction of sp³-hybridized carbons (Fsp3) is 0.462. The molecular formula is C13H20N6O. The van der Waals surface area contributed by atoms with E-state index in [0.29, 0.717) is 17.9 Å².